The normalized spacial score (nSPS) is 22.1. The molecule has 1 aliphatic rings. The predicted octanol–water partition coefficient (Wildman–Crippen LogP) is 1.44. The van der Waals surface area contributed by atoms with Gasteiger partial charge in [0, 0.05) is 19.1 Å². The highest BCUT2D eigenvalue weighted by molar-refractivity contribution is 5.79. The number of rotatable bonds is 6. The van der Waals surface area contributed by atoms with Crippen LogP contribution in [0.4, 0.5) is 0 Å². The first-order chi connectivity index (χ1) is 10.9. The van der Waals surface area contributed by atoms with Crippen LogP contribution in [0, 0.1) is 6.92 Å². The Kier molecular flexibility index (Phi) is 6.07. The van der Waals surface area contributed by atoms with E-state index in [2.05, 4.69) is 27.6 Å². The van der Waals surface area contributed by atoms with Gasteiger partial charge in [0.05, 0.1) is 6.54 Å². The summed E-state index contributed by atoms with van der Waals surface area (Å²) in [6, 6.07) is 4.21. The number of aryl methyl sites for hydroxylation is 1. The van der Waals surface area contributed by atoms with Crippen LogP contribution in [0.2, 0.25) is 0 Å². The number of aliphatic imine (C=N–C) groups is 1. The zero-order valence-electron chi connectivity index (χ0n) is 14.7. The molecule has 0 radical (unpaired) electrons. The standard InChI is InChI=1S/C17H30N4O2/c1-5-18-16(19-11-14-7-6-10-21(14)4)20-12-17(3,22)15-9-8-13(2)23-15/h8-9,14,22H,5-7,10-12H2,1-4H3,(H2,18,19,20). The van der Waals surface area contributed by atoms with Crippen molar-refractivity contribution in [2.24, 2.45) is 4.99 Å². The number of hydrogen-bond acceptors (Lipinski definition) is 4. The monoisotopic (exact) mass is 322 g/mol. The predicted molar refractivity (Wildman–Crippen MR) is 92.6 cm³/mol. The van der Waals surface area contributed by atoms with Gasteiger partial charge in [0.1, 0.15) is 17.1 Å². The van der Waals surface area contributed by atoms with Crippen LogP contribution < -0.4 is 10.6 Å². The smallest absolute Gasteiger partial charge is 0.191 e. The molecule has 0 amide bonds. The van der Waals surface area contributed by atoms with E-state index < -0.39 is 5.60 Å². The molecule has 0 aliphatic carbocycles. The lowest BCUT2D eigenvalue weighted by Crippen LogP contribution is -2.44. The highest BCUT2D eigenvalue weighted by atomic mass is 16.4. The summed E-state index contributed by atoms with van der Waals surface area (Å²) in [5.74, 6) is 2.07. The van der Waals surface area contributed by atoms with Crippen molar-refractivity contribution < 1.29 is 9.52 Å². The summed E-state index contributed by atoms with van der Waals surface area (Å²) in [6.07, 6.45) is 2.47. The Hall–Kier alpha value is -1.53. The third-order valence-electron chi connectivity index (χ3n) is 4.34. The van der Waals surface area contributed by atoms with Crippen LogP contribution >= 0.6 is 0 Å². The van der Waals surface area contributed by atoms with Gasteiger partial charge in [0.25, 0.3) is 0 Å². The fourth-order valence-electron chi connectivity index (χ4n) is 2.83. The Morgan fingerprint density at radius 1 is 1.48 bits per heavy atom. The molecule has 1 aliphatic heterocycles. The molecule has 1 aromatic rings. The third-order valence-corrected chi connectivity index (χ3v) is 4.34. The molecule has 2 rings (SSSR count). The van der Waals surface area contributed by atoms with Crippen molar-refractivity contribution >= 4 is 5.96 Å². The van der Waals surface area contributed by atoms with Crippen LogP contribution in [0.3, 0.4) is 0 Å². The molecule has 1 fully saturated rings. The van der Waals surface area contributed by atoms with Crippen molar-refractivity contribution in [1.29, 1.82) is 0 Å². The number of furan rings is 1. The SMILES string of the molecule is CCNC(=NCC(C)(O)c1ccc(C)o1)NCC1CCCN1C. The molecule has 6 nitrogen and oxygen atoms in total. The number of nitrogens with one attached hydrogen (secondary N) is 2. The van der Waals surface area contributed by atoms with Crippen LogP contribution in [0.25, 0.3) is 0 Å². The molecule has 130 valence electrons. The summed E-state index contributed by atoms with van der Waals surface area (Å²) in [5, 5.41) is 17.2. The first kappa shape index (κ1) is 17.8. The van der Waals surface area contributed by atoms with Gasteiger partial charge in [-0.05, 0) is 59.3 Å². The van der Waals surface area contributed by atoms with Crippen LogP contribution in [-0.4, -0.2) is 55.2 Å². The summed E-state index contributed by atoms with van der Waals surface area (Å²) >= 11 is 0. The Morgan fingerprint density at radius 3 is 2.83 bits per heavy atom. The zero-order chi connectivity index (χ0) is 16.9. The van der Waals surface area contributed by atoms with Gasteiger partial charge in [-0.25, -0.2) is 4.99 Å². The highest BCUT2D eigenvalue weighted by Crippen LogP contribution is 2.23. The Morgan fingerprint density at radius 2 is 2.26 bits per heavy atom. The summed E-state index contributed by atoms with van der Waals surface area (Å²) in [4.78, 5) is 6.90. The second-order valence-corrected chi connectivity index (χ2v) is 6.54. The van der Waals surface area contributed by atoms with E-state index in [1.54, 1.807) is 13.0 Å². The molecule has 0 spiro atoms. The molecule has 23 heavy (non-hydrogen) atoms. The van der Waals surface area contributed by atoms with Gasteiger partial charge in [-0.1, -0.05) is 0 Å². The van der Waals surface area contributed by atoms with Gasteiger partial charge in [-0.3, -0.25) is 0 Å². The fourth-order valence-corrected chi connectivity index (χ4v) is 2.83. The van der Waals surface area contributed by atoms with E-state index in [0.717, 1.165) is 31.4 Å². The molecular weight excluding hydrogens is 292 g/mol. The van der Waals surface area contributed by atoms with Gasteiger partial charge in [-0.2, -0.15) is 0 Å². The van der Waals surface area contributed by atoms with Crippen LogP contribution in [-0.2, 0) is 5.60 Å². The van der Waals surface area contributed by atoms with Crippen LogP contribution in [0.5, 0.6) is 0 Å². The average Bonchev–Trinajstić information content (AvgIpc) is 3.11. The Labute approximate surface area is 139 Å². The van der Waals surface area contributed by atoms with Crippen molar-refractivity contribution in [2.75, 3.05) is 33.2 Å². The first-order valence-electron chi connectivity index (χ1n) is 8.44. The Bertz CT molecular complexity index is 524. The van der Waals surface area contributed by atoms with E-state index in [1.807, 2.05) is 19.9 Å². The molecule has 6 heteroatoms. The summed E-state index contributed by atoms with van der Waals surface area (Å²) in [6.45, 7) is 8.68. The van der Waals surface area contributed by atoms with Crippen molar-refractivity contribution in [2.45, 2.75) is 45.3 Å². The van der Waals surface area contributed by atoms with E-state index in [4.69, 9.17) is 4.42 Å². The fraction of sp³-hybridized carbons (Fsp3) is 0.706. The van der Waals surface area contributed by atoms with E-state index in [0.29, 0.717) is 11.8 Å². The summed E-state index contributed by atoms with van der Waals surface area (Å²) in [5.41, 5.74) is -1.11. The van der Waals surface area contributed by atoms with Gasteiger partial charge >= 0.3 is 0 Å². The molecular formula is C17H30N4O2. The van der Waals surface area contributed by atoms with Crippen LogP contribution in [0.1, 0.15) is 38.2 Å². The molecule has 0 aromatic carbocycles. The lowest BCUT2D eigenvalue weighted by atomic mass is 10.0. The number of likely N-dealkylation sites (tertiary alicyclic amines) is 1. The molecule has 2 unspecified atom stereocenters. The average molecular weight is 322 g/mol. The number of aliphatic hydroxyl groups is 1. The first-order valence-corrected chi connectivity index (χ1v) is 8.44. The minimum absolute atomic E-state index is 0.246. The van der Waals surface area contributed by atoms with Crippen molar-refractivity contribution in [3.05, 3.63) is 23.7 Å². The van der Waals surface area contributed by atoms with Crippen molar-refractivity contribution in [3.8, 4) is 0 Å². The van der Waals surface area contributed by atoms with Gasteiger partial charge in [0.2, 0.25) is 0 Å². The van der Waals surface area contributed by atoms with Gasteiger partial charge in [-0.15, -0.1) is 0 Å². The van der Waals surface area contributed by atoms with E-state index in [9.17, 15) is 5.11 Å². The van der Waals surface area contributed by atoms with E-state index >= 15 is 0 Å². The molecule has 1 saturated heterocycles. The Balaban J connectivity index is 1.94. The topological polar surface area (TPSA) is 73.0 Å². The number of guanidine groups is 1. The second kappa shape index (κ2) is 7.84. The lowest BCUT2D eigenvalue weighted by molar-refractivity contribution is 0.0428. The summed E-state index contributed by atoms with van der Waals surface area (Å²) in [7, 11) is 2.16. The van der Waals surface area contributed by atoms with Gasteiger partial charge in [0.15, 0.2) is 5.96 Å². The zero-order valence-corrected chi connectivity index (χ0v) is 14.7. The second-order valence-electron chi connectivity index (χ2n) is 6.54. The third kappa shape index (κ3) is 4.97. The molecule has 2 atom stereocenters. The largest absolute Gasteiger partial charge is 0.463 e. The summed E-state index contributed by atoms with van der Waals surface area (Å²) < 4.78 is 5.53. The van der Waals surface area contributed by atoms with E-state index in [1.165, 1.54) is 12.8 Å². The van der Waals surface area contributed by atoms with E-state index in [-0.39, 0.29) is 6.54 Å². The number of likely N-dealkylation sites (N-methyl/N-ethyl adjacent to an activating group) is 1. The highest BCUT2D eigenvalue weighted by Gasteiger charge is 2.27. The minimum Gasteiger partial charge on any atom is -0.463 e. The quantitative estimate of drug-likeness (QED) is 0.546. The minimum atomic E-state index is -1.11. The van der Waals surface area contributed by atoms with Crippen molar-refractivity contribution in [1.82, 2.24) is 15.5 Å². The molecule has 1 aromatic heterocycles. The maximum absolute atomic E-state index is 10.6. The number of hydrogen-bond donors (Lipinski definition) is 3. The maximum Gasteiger partial charge on any atom is 0.191 e. The van der Waals surface area contributed by atoms with Crippen molar-refractivity contribution in [3.63, 3.8) is 0 Å². The van der Waals surface area contributed by atoms with Crippen LogP contribution in [0.15, 0.2) is 21.5 Å². The number of nitrogens with zero attached hydrogens (tertiary/aromatic N) is 2. The molecule has 3 N–H and O–H groups in total. The molecule has 2 heterocycles. The molecule has 0 bridgehead atoms. The molecule has 0 saturated carbocycles. The lowest BCUT2D eigenvalue weighted by Gasteiger charge is -2.22. The van der Waals surface area contributed by atoms with Gasteiger partial charge < -0.3 is 25.1 Å². The maximum atomic E-state index is 10.6.